The number of benzene rings is 1. The van der Waals surface area contributed by atoms with Crippen LogP contribution in [0.4, 0.5) is 0 Å². The lowest BCUT2D eigenvalue weighted by atomic mass is 9.99. The topological polar surface area (TPSA) is 52.0 Å². The van der Waals surface area contributed by atoms with Crippen molar-refractivity contribution >= 4 is 0 Å². The molecule has 16 heavy (non-hydrogen) atoms. The monoisotopic (exact) mass is 214 g/mol. The molecule has 0 unspecified atom stereocenters. The van der Waals surface area contributed by atoms with Gasteiger partial charge in [0.1, 0.15) is 6.26 Å². The van der Waals surface area contributed by atoms with Crippen LogP contribution in [0.25, 0.3) is 11.5 Å². The highest BCUT2D eigenvalue weighted by Crippen LogP contribution is 2.37. The number of nitrogens with two attached hydrogens (primary N) is 1. The van der Waals surface area contributed by atoms with Crippen LogP contribution in [0.15, 0.2) is 41.1 Å². The van der Waals surface area contributed by atoms with E-state index >= 15 is 0 Å². The highest BCUT2D eigenvalue weighted by molar-refractivity contribution is 5.59. The van der Waals surface area contributed by atoms with Gasteiger partial charge in [0, 0.05) is 11.1 Å². The number of rotatable bonds is 3. The van der Waals surface area contributed by atoms with Crippen molar-refractivity contribution in [2.24, 2.45) is 5.73 Å². The third-order valence-electron chi connectivity index (χ3n) is 3.11. The Morgan fingerprint density at radius 1 is 1.31 bits per heavy atom. The van der Waals surface area contributed by atoms with Gasteiger partial charge in [0.15, 0.2) is 0 Å². The Morgan fingerprint density at radius 2 is 2.12 bits per heavy atom. The lowest BCUT2D eigenvalue weighted by Crippen LogP contribution is -2.24. The van der Waals surface area contributed by atoms with E-state index in [4.69, 9.17) is 10.2 Å². The Morgan fingerprint density at radius 3 is 2.81 bits per heavy atom. The third-order valence-corrected chi connectivity index (χ3v) is 3.11. The summed E-state index contributed by atoms with van der Waals surface area (Å²) < 4.78 is 5.34. The fourth-order valence-corrected chi connectivity index (χ4v) is 1.96. The molecule has 1 aliphatic rings. The molecule has 0 amide bonds. The van der Waals surface area contributed by atoms with E-state index in [1.54, 1.807) is 12.5 Å². The largest absolute Gasteiger partial charge is 0.445 e. The van der Waals surface area contributed by atoms with Gasteiger partial charge in [0.25, 0.3) is 0 Å². The second-order valence-electron chi connectivity index (χ2n) is 4.53. The highest BCUT2D eigenvalue weighted by Gasteiger charge is 2.38. The summed E-state index contributed by atoms with van der Waals surface area (Å²) in [5, 5.41) is 0. The fourth-order valence-electron chi connectivity index (χ4n) is 1.96. The van der Waals surface area contributed by atoms with Crippen LogP contribution < -0.4 is 5.73 Å². The van der Waals surface area contributed by atoms with Crippen molar-refractivity contribution in [2.75, 3.05) is 0 Å². The molecule has 82 valence electrons. The maximum Gasteiger partial charge on any atom is 0.226 e. The first-order valence-corrected chi connectivity index (χ1v) is 5.54. The number of nitrogens with zero attached hydrogens (tertiary/aromatic N) is 1. The first kappa shape index (κ1) is 9.60. The van der Waals surface area contributed by atoms with Gasteiger partial charge in [-0.15, -0.1) is 0 Å². The Labute approximate surface area is 94.3 Å². The Balaban J connectivity index is 1.98. The van der Waals surface area contributed by atoms with Crippen LogP contribution >= 0.6 is 0 Å². The zero-order chi connectivity index (χ0) is 11.0. The molecule has 0 spiro atoms. The van der Waals surface area contributed by atoms with Crippen LogP contribution in [-0.2, 0) is 6.42 Å². The molecule has 1 fully saturated rings. The smallest absolute Gasteiger partial charge is 0.226 e. The molecule has 0 bridgehead atoms. The molecular formula is C13H14N2O. The molecule has 2 aromatic rings. The first-order valence-electron chi connectivity index (χ1n) is 5.54. The molecule has 3 nitrogen and oxygen atoms in total. The average molecular weight is 214 g/mol. The van der Waals surface area contributed by atoms with Gasteiger partial charge in [0.05, 0.1) is 6.20 Å². The summed E-state index contributed by atoms with van der Waals surface area (Å²) >= 11 is 0. The number of hydrogen-bond acceptors (Lipinski definition) is 3. The molecule has 1 aromatic carbocycles. The minimum absolute atomic E-state index is 0.0166. The molecule has 3 heteroatoms. The van der Waals surface area contributed by atoms with Crippen LogP contribution in [-0.4, -0.2) is 10.5 Å². The number of oxazole rings is 1. The van der Waals surface area contributed by atoms with Crippen molar-refractivity contribution in [2.45, 2.75) is 24.8 Å². The first-order chi connectivity index (χ1) is 7.77. The fraction of sp³-hybridized carbons (Fsp3) is 0.308. The van der Waals surface area contributed by atoms with E-state index in [1.165, 1.54) is 5.56 Å². The summed E-state index contributed by atoms with van der Waals surface area (Å²) in [6.07, 6.45) is 6.41. The molecule has 1 heterocycles. The molecule has 1 aromatic heterocycles. The summed E-state index contributed by atoms with van der Waals surface area (Å²) in [6.45, 7) is 0. The molecule has 0 saturated heterocycles. The second kappa shape index (κ2) is 3.46. The summed E-state index contributed by atoms with van der Waals surface area (Å²) in [5.74, 6) is 0.680. The molecule has 1 aliphatic carbocycles. The van der Waals surface area contributed by atoms with E-state index in [1.807, 2.05) is 18.2 Å². The van der Waals surface area contributed by atoms with E-state index in [2.05, 4.69) is 11.1 Å². The average Bonchev–Trinajstić information content (AvgIpc) is 2.83. The van der Waals surface area contributed by atoms with Gasteiger partial charge >= 0.3 is 0 Å². The van der Waals surface area contributed by atoms with E-state index in [0.717, 1.165) is 24.8 Å². The molecule has 0 atom stereocenters. The van der Waals surface area contributed by atoms with Gasteiger partial charge in [-0.05, 0) is 30.9 Å². The summed E-state index contributed by atoms with van der Waals surface area (Å²) in [7, 11) is 0. The van der Waals surface area contributed by atoms with Crippen molar-refractivity contribution in [1.29, 1.82) is 0 Å². The maximum atomic E-state index is 6.15. The van der Waals surface area contributed by atoms with Gasteiger partial charge < -0.3 is 10.2 Å². The van der Waals surface area contributed by atoms with Gasteiger partial charge in [-0.2, -0.15) is 0 Å². The van der Waals surface area contributed by atoms with E-state index in [0.29, 0.717) is 5.89 Å². The SMILES string of the molecule is NC1(Cc2ccccc2-c2ncco2)CC1. The molecular weight excluding hydrogens is 200 g/mol. The summed E-state index contributed by atoms with van der Waals surface area (Å²) in [6, 6.07) is 8.17. The standard InChI is InChI=1S/C13H14N2O/c14-13(5-6-13)9-10-3-1-2-4-11(10)12-15-7-8-16-12/h1-4,7-8H,5-6,9,14H2. The van der Waals surface area contributed by atoms with Gasteiger partial charge in [-0.1, -0.05) is 18.2 Å². The van der Waals surface area contributed by atoms with Crippen LogP contribution in [0.1, 0.15) is 18.4 Å². The summed E-state index contributed by atoms with van der Waals surface area (Å²) in [5.41, 5.74) is 8.45. The molecule has 0 radical (unpaired) electrons. The molecule has 1 saturated carbocycles. The third kappa shape index (κ3) is 1.74. The van der Waals surface area contributed by atoms with E-state index < -0.39 is 0 Å². The van der Waals surface area contributed by atoms with Crippen LogP contribution in [0.2, 0.25) is 0 Å². The minimum Gasteiger partial charge on any atom is -0.445 e. The second-order valence-corrected chi connectivity index (χ2v) is 4.53. The van der Waals surface area contributed by atoms with Gasteiger partial charge in [-0.3, -0.25) is 0 Å². The predicted octanol–water partition coefficient (Wildman–Crippen LogP) is 2.38. The van der Waals surface area contributed by atoms with E-state index in [9.17, 15) is 0 Å². The zero-order valence-corrected chi connectivity index (χ0v) is 9.02. The Bertz CT molecular complexity index is 486. The van der Waals surface area contributed by atoms with Crippen molar-refractivity contribution < 1.29 is 4.42 Å². The zero-order valence-electron chi connectivity index (χ0n) is 9.02. The lowest BCUT2D eigenvalue weighted by Gasteiger charge is -2.11. The molecule has 3 rings (SSSR count). The molecule has 2 N–H and O–H groups in total. The predicted molar refractivity (Wildman–Crippen MR) is 61.8 cm³/mol. The normalized spacial score (nSPS) is 17.3. The van der Waals surface area contributed by atoms with Gasteiger partial charge in [0.2, 0.25) is 5.89 Å². The van der Waals surface area contributed by atoms with Crippen molar-refractivity contribution in [3.05, 3.63) is 42.3 Å². The van der Waals surface area contributed by atoms with Crippen molar-refractivity contribution in [3.8, 4) is 11.5 Å². The van der Waals surface area contributed by atoms with Crippen molar-refractivity contribution in [1.82, 2.24) is 4.98 Å². The quantitative estimate of drug-likeness (QED) is 0.853. The molecule has 0 aliphatic heterocycles. The minimum atomic E-state index is 0.0166. The van der Waals surface area contributed by atoms with E-state index in [-0.39, 0.29) is 5.54 Å². The van der Waals surface area contributed by atoms with Crippen LogP contribution in [0.3, 0.4) is 0 Å². The Hall–Kier alpha value is -1.61. The summed E-state index contributed by atoms with van der Waals surface area (Å²) in [4.78, 5) is 4.19. The number of hydrogen-bond donors (Lipinski definition) is 1. The Kier molecular flexibility index (Phi) is 2.07. The van der Waals surface area contributed by atoms with Crippen molar-refractivity contribution in [3.63, 3.8) is 0 Å². The van der Waals surface area contributed by atoms with Crippen LogP contribution in [0.5, 0.6) is 0 Å². The lowest BCUT2D eigenvalue weighted by molar-refractivity contribution is 0.572. The number of aromatic nitrogens is 1. The highest BCUT2D eigenvalue weighted by atomic mass is 16.3. The van der Waals surface area contributed by atoms with Crippen LogP contribution in [0, 0.1) is 0 Å². The maximum absolute atomic E-state index is 6.15. The van der Waals surface area contributed by atoms with Gasteiger partial charge in [-0.25, -0.2) is 4.98 Å².